The summed E-state index contributed by atoms with van der Waals surface area (Å²) in [5.41, 5.74) is 0.983. The lowest BCUT2D eigenvalue weighted by Gasteiger charge is -2.35. The lowest BCUT2D eigenvalue weighted by atomic mass is 9.79. The summed E-state index contributed by atoms with van der Waals surface area (Å²) in [6.45, 7) is 5.97. The summed E-state index contributed by atoms with van der Waals surface area (Å²) in [6, 6.07) is 6.01. The third-order valence-electron chi connectivity index (χ3n) is 3.47. The highest BCUT2D eigenvalue weighted by Gasteiger charge is 2.33. The van der Waals surface area contributed by atoms with E-state index in [2.05, 4.69) is 25.6 Å². The summed E-state index contributed by atoms with van der Waals surface area (Å²) < 4.78 is 16.2. The molecule has 19 heavy (non-hydrogen) atoms. The SMILES string of the molecule is CC(C)(C)S(=O)NC(c1cccc(Br)n1)C1CCC1. The summed E-state index contributed by atoms with van der Waals surface area (Å²) in [7, 11) is -1.07. The van der Waals surface area contributed by atoms with Crippen LogP contribution in [0.1, 0.15) is 51.8 Å². The van der Waals surface area contributed by atoms with Crippen LogP contribution in [-0.4, -0.2) is 13.9 Å². The van der Waals surface area contributed by atoms with Gasteiger partial charge in [-0.15, -0.1) is 0 Å². The van der Waals surface area contributed by atoms with Crippen LogP contribution in [0, 0.1) is 5.92 Å². The topological polar surface area (TPSA) is 42.0 Å². The number of halogens is 1. The molecule has 0 saturated heterocycles. The predicted molar refractivity (Wildman–Crippen MR) is 83.1 cm³/mol. The van der Waals surface area contributed by atoms with Gasteiger partial charge in [-0.3, -0.25) is 0 Å². The van der Waals surface area contributed by atoms with E-state index >= 15 is 0 Å². The highest BCUT2D eigenvalue weighted by molar-refractivity contribution is 9.10. The zero-order valence-corrected chi connectivity index (χ0v) is 14.1. The normalized spacial score (nSPS) is 19.8. The van der Waals surface area contributed by atoms with E-state index in [0.717, 1.165) is 10.3 Å². The van der Waals surface area contributed by atoms with Crippen molar-refractivity contribution in [2.24, 2.45) is 5.92 Å². The van der Waals surface area contributed by atoms with Gasteiger partial charge >= 0.3 is 0 Å². The molecule has 2 rings (SSSR count). The molecule has 0 amide bonds. The van der Waals surface area contributed by atoms with Crippen LogP contribution >= 0.6 is 15.9 Å². The fraction of sp³-hybridized carbons (Fsp3) is 0.643. The Hall–Kier alpha value is -0.260. The van der Waals surface area contributed by atoms with E-state index in [1.165, 1.54) is 19.3 Å². The van der Waals surface area contributed by atoms with E-state index < -0.39 is 11.0 Å². The van der Waals surface area contributed by atoms with Gasteiger partial charge in [-0.05, 0) is 67.6 Å². The first-order chi connectivity index (χ1) is 8.88. The maximum absolute atomic E-state index is 12.3. The zero-order valence-electron chi connectivity index (χ0n) is 11.6. The first kappa shape index (κ1) is 15.1. The highest BCUT2D eigenvalue weighted by Crippen LogP contribution is 2.38. The van der Waals surface area contributed by atoms with Gasteiger partial charge in [0, 0.05) is 0 Å². The maximum Gasteiger partial charge on any atom is 0.106 e. The number of pyridine rings is 1. The van der Waals surface area contributed by atoms with Crippen molar-refractivity contribution in [3.63, 3.8) is 0 Å². The Morgan fingerprint density at radius 2 is 2.11 bits per heavy atom. The van der Waals surface area contributed by atoms with Crippen molar-refractivity contribution < 1.29 is 4.21 Å². The Morgan fingerprint density at radius 1 is 1.42 bits per heavy atom. The molecule has 0 radical (unpaired) electrons. The standard InChI is InChI=1S/C14H21BrN2OS/c1-14(2,3)19(18)17-13(10-6-4-7-10)11-8-5-9-12(15)16-11/h5,8-10,13,17H,4,6-7H2,1-3H3. The van der Waals surface area contributed by atoms with Crippen LogP contribution in [0.15, 0.2) is 22.8 Å². The maximum atomic E-state index is 12.3. The van der Waals surface area contributed by atoms with Gasteiger partial charge in [-0.2, -0.15) is 0 Å². The minimum Gasteiger partial charge on any atom is -0.244 e. The van der Waals surface area contributed by atoms with Crippen LogP contribution in [0.25, 0.3) is 0 Å². The van der Waals surface area contributed by atoms with Gasteiger partial charge in [0.2, 0.25) is 0 Å². The van der Waals surface area contributed by atoms with Crippen molar-refractivity contribution >= 4 is 26.9 Å². The van der Waals surface area contributed by atoms with E-state index in [1.54, 1.807) is 0 Å². The van der Waals surface area contributed by atoms with E-state index in [1.807, 2.05) is 39.0 Å². The molecule has 2 unspecified atom stereocenters. The molecule has 1 aliphatic carbocycles. The van der Waals surface area contributed by atoms with E-state index in [0.29, 0.717) is 5.92 Å². The molecule has 0 bridgehead atoms. The number of hydrogen-bond donors (Lipinski definition) is 1. The van der Waals surface area contributed by atoms with Crippen molar-refractivity contribution in [2.45, 2.75) is 50.8 Å². The fourth-order valence-corrected chi connectivity index (χ4v) is 3.32. The minimum atomic E-state index is -1.07. The second-order valence-electron chi connectivity index (χ2n) is 6.05. The Kier molecular flexibility index (Phi) is 4.79. The molecule has 3 nitrogen and oxygen atoms in total. The molecule has 1 N–H and O–H groups in total. The molecule has 2 atom stereocenters. The molecule has 1 fully saturated rings. The smallest absolute Gasteiger partial charge is 0.106 e. The number of nitrogens with one attached hydrogen (secondary N) is 1. The van der Waals surface area contributed by atoms with E-state index in [-0.39, 0.29) is 10.8 Å². The van der Waals surface area contributed by atoms with Gasteiger partial charge in [-0.1, -0.05) is 12.5 Å². The van der Waals surface area contributed by atoms with Crippen LogP contribution in [-0.2, 0) is 11.0 Å². The fourth-order valence-electron chi connectivity index (χ4n) is 2.06. The molecule has 0 spiro atoms. The number of aromatic nitrogens is 1. The third kappa shape index (κ3) is 3.86. The number of nitrogens with zero attached hydrogens (tertiary/aromatic N) is 1. The lowest BCUT2D eigenvalue weighted by molar-refractivity contribution is 0.248. The van der Waals surface area contributed by atoms with Gasteiger partial charge in [-0.25, -0.2) is 13.9 Å². The monoisotopic (exact) mass is 344 g/mol. The Bertz CT molecular complexity index is 469. The first-order valence-corrected chi connectivity index (χ1v) is 8.63. The van der Waals surface area contributed by atoms with E-state index in [9.17, 15) is 4.21 Å². The quantitative estimate of drug-likeness (QED) is 0.845. The summed E-state index contributed by atoms with van der Waals surface area (Å²) in [4.78, 5) is 4.53. The first-order valence-electron chi connectivity index (χ1n) is 6.68. The number of rotatable bonds is 4. The summed E-state index contributed by atoms with van der Waals surface area (Å²) in [5.74, 6) is 0.549. The molecule has 0 aliphatic heterocycles. The molecule has 1 aromatic rings. The van der Waals surface area contributed by atoms with Gasteiger partial charge in [0.1, 0.15) is 4.60 Å². The molecule has 1 heterocycles. The average molecular weight is 345 g/mol. The second kappa shape index (κ2) is 6.02. The molecule has 1 aromatic heterocycles. The molecular weight excluding hydrogens is 324 g/mol. The molecular formula is C14H21BrN2OS. The van der Waals surface area contributed by atoms with Gasteiger partial charge < -0.3 is 0 Å². The van der Waals surface area contributed by atoms with Crippen LogP contribution < -0.4 is 4.72 Å². The van der Waals surface area contributed by atoms with Crippen LogP contribution in [0.2, 0.25) is 0 Å². The van der Waals surface area contributed by atoms with Gasteiger partial charge in [0.15, 0.2) is 0 Å². The molecule has 1 saturated carbocycles. The van der Waals surface area contributed by atoms with Gasteiger partial charge in [0.05, 0.1) is 27.5 Å². The van der Waals surface area contributed by atoms with Crippen molar-refractivity contribution in [1.82, 2.24) is 9.71 Å². The van der Waals surface area contributed by atoms with Crippen molar-refractivity contribution in [2.75, 3.05) is 0 Å². The Balaban J connectivity index is 2.19. The molecule has 5 heteroatoms. The summed E-state index contributed by atoms with van der Waals surface area (Å²) >= 11 is 3.41. The molecule has 106 valence electrons. The Labute approximate surface area is 126 Å². The average Bonchev–Trinajstić information content (AvgIpc) is 2.24. The Morgan fingerprint density at radius 3 is 2.58 bits per heavy atom. The largest absolute Gasteiger partial charge is 0.244 e. The minimum absolute atomic E-state index is 0.0892. The summed E-state index contributed by atoms with van der Waals surface area (Å²) in [6.07, 6.45) is 3.64. The number of hydrogen-bond acceptors (Lipinski definition) is 2. The van der Waals surface area contributed by atoms with Crippen LogP contribution in [0.3, 0.4) is 0 Å². The van der Waals surface area contributed by atoms with Crippen LogP contribution in [0.4, 0.5) is 0 Å². The second-order valence-corrected chi connectivity index (χ2v) is 8.86. The zero-order chi connectivity index (χ0) is 14.0. The van der Waals surface area contributed by atoms with E-state index in [4.69, 9.17) is 0 Å². The highest BCUT2D eigenvalue weighted by atomic mass is 79.9. The third-order valence-corrected chi connectivity index (χ3v) is 5.49. The molecule has 0 aromatic carbocycles. The molecule has 1 aliphatic rings. The lowest BCUT2D eigenvalue weighted by Crippen LogP contribution is -2.40. The van der Waals surface area contributed by atoms with Crippen LogP contribution in [0.5, 0.6) is 0 Å². The van der Waals surface area contributed by atoms with Crippen molar-refractivity contribution in [1.29, 1.82) is 0 Å². The van der Waals surface area contributed by atoms with Gasteiger partial charge in [0.25, 0.3) is 0 Å². The van der Waals surface area contributed by atoms with Crippen molar-refractivity contribution in [3.05, 3.63) is 28.5 Å². The predicted octanol–water partition coefficient (Wildman–Crippen LogP) is 3.74. The summed E-state index contributed by atoms with van der Waals surface area (Å²) in [5, 5.41) is 0. The van der Waals surface area contributed by atoms with Crippen molar-refractivity contribution in [3.8, 4) is 0 Å².